The second-order valence-corrected chi connectivity index (χ2v) is 19.6. The summed E-state index contributed by atoms with van der Waals surface area (Å²) in [6, 6.07) is 12.0. The van der Waals surface area contributed by atoms with Gasteiger partial charge in [0.25, 0.3) is 11.8 Å². The van der Waals surface area contributed by atoms with Crippen molar-refractivity contribution < 1.29 is 57.2 Å². The van der Waals surface area contributed by atoms with E-state index in [9.17, 15) is 33.6 Å². The van der Waals surface area contributed by atoms with Crippen LogP contribution < -0.4 is 49.9 Å². The van der Waals surface area contributed by atoms with E-state index in [0.29, 0.717) is 72.8 Å². The number of anilines is 1. The number of nitrogens with zero attached hydrogens (tertiary/aromatic N) is 4. The Morgan fingerprint density at radius 1 is 0.803 bits per heavy atom. The quantitative estimate of drug-likeness (QED) is 0.0560. The molecule has 2 fully saturated rings. The largest absolute Gasteiger partial charge is 0.497 e. The molecule has 20 heteroatoms. The Hall–Kier alpha value is -7.90. The number of methoxy groups -OCH3 is 3. The van der Waals surface area contributed by atoms with E-state index in [4.69, 9.17) is 28.7 Å². The highest BCUT2D eigenvalue weighted by Crippen LogP contribution is 2.44. The van der Waals surface area contributed by atoms with Gasteiger partial charge in [0.05, 0.1) is 63.1 Å². The van der Waals surface area contributed by atoms with Crippen LogP contribution in [0.1, 0.15) is 112 Å². The van der Waals surface area contributed by atoms with Crippen LogP contribution in [0.4, 0.5) is 11.4 Å². The Kier molecular flexibility index (Phi) is 18.4. The number of carbonyl (C=O) groups excluding carboxylic acids is 7. The lowest BCUT2D eigenvalue weighted by Crippen LogP contribution is -2.70. The summed E-state index contributed by atoms with van der Waals surface area (Å²) in [5.41, 5.74) is 3.55. The number of rotatable bonds is 25. The second kappa shape index (κ2) is 25.1. The molecule has 4 aliphatic heterocycles. The van der Waals surface area contributed by atoms with Crippen molar-refractivity contribution in [3.05, 3.63) is 84.2 Å². The van der Waals surface area contributed by atoms with Gasteiger partial charge in [-0.05, 0) is 74.2 Å². The van der Waals surface area contributed by atoms with Crippen LogP contribution in [0.25, 0.3) is 5.57 Å². The van der Waals surface area contributed by atoms with Crippen LogP contribution in [0.3, 0.4) is 0 Å². The van der Waals surface area contributed by atoms with Crippen LogP contribution in [0.15, 0.2) is 72.5 Å². The Morgan fingerprint density at radius 2 is 1.47 bits per heavy atom. The molecule has 0 radical (unpaired) electrons. The number of carbonyl (C=O) groups is 7. The van der Waals surface area contributed by atoms with Gasteiger partial charge in [-0.3, -0.25) is 43.5 Å². The van der Waals surface area contributed by atoms with Gasteiger partial charge in [-0.1, -0.05) is 45.9 Å². The summed E-state index contributed by atoms with van der Waals surface area (Å²) in [5.74, 6) is -0.557. The molecule has 4 N–H and O–H groups in total. The lowest BCUT2D eigenvalue weighted by atomic mass is 9.85. The van der Waals surface area contributed by atoms with Crippen LogP contribution in [0.5, 0.6) is 28.7 Å². The molecule has 76 heavy (non-hydrogen) atoms. The van der Waals surface area contributed by atoms with Gasteiger partial charge in [0.15, 0.2) is 23.0 Å². The van der Waals surface area contributed by atoms with Crippen molar-refractivity contribution in [3.63, 3.8) is 0 Å². The summed E-state index contributed by atoms with van der Waals surface area (Å²) in [6.45, 7) is 13.5. The Balaban J connectivity index is 0.958. The van der Waals surface area contributed by atoms with E-state index in [1.807, 2.05) is 49.2 Å². The molecular formula is C56H70N8O12. The van der Waals surface area contributed by atoms with E-state index in [1.165, 1.54) is 25.3 Å². The third-order valence-electron chi connectivity index (χ3n) is 14.3. The van der Waals surface area contributed by atoms with Crippen molar-refractivity contribution in [2.45, 2.75) is 116 Å². The molecule has 0 bridgehead atoms. The summed E-state index contributed by atoms with van der Waals surface area (Å²) in [6.07, 6.45) is 7.68. The Morgan fingerprint density at radius 3 is 2.12 bits per heavy atom. The minimum Gasteiger partial charge on any atom is -0.497 e. The summed E-state index contributed by atoms with van der Waals surface area (Å²) in [5, 5.41) is 11.3. The summed E-state index contributed by atoms with van der Waals surface area (Å²) < 4.78 is 29.2. The van der Waals surface area contributed by atoms with E-state index in [1.54, 1.807) is 63.3 Å². The highest BCUT2D eigenvalue weighted by molar-refractivity contribution is 6.06. The first-order chi connectivity index (χ1) is 36.5. The number of ether oxygens (including phenoxy) is 5. The zero-order valence-corrected chi connectivity index (χ0v) is 44.6. The molecule has 0 aliphatic carbocycles. The van der Waals surface area contributed by atoms with Gasteiger partial charge in [0.2, 0.25) is 29.5 Å². The molecule has 7 rings (SSSR count). The molecule has 2 saturated heterocycles. The fourth-order valence-electron chi connectivity index (χ4n) is 9.70. The Labute approximate surface area is 443 Å². The second-order valence-electron chi connectivity index (χ2n) is 19.6. The molecule has 406 valence electrons. The van der Waals surface area contributed by atoms with E-state index >= 15 is 0 Å². The fraction of sp³-hybridized carbons (Fsp3) is 0.464. The molecule has 20 nitrogen and oxygen atoms in total. The number of amides is 7. The van der Waals surface area contributed by atoms with Crippen LogP contribution in [-0.2, 0) is 24.0 Å². The molecule has 7 amide bonds. The molecule has 3 unspecified atom stereocenters. The minimum absolute atomic E-state index is 0.0921. The highest BCUT2D eigenvalue weighted by atomic mass is 16.5. The topological polar surface area (TPSA) is 236 Å². The van der Waals surface area contributed by atoms with E-state index in [0.717, 1.165) is 16.9 Å². The molecule has 6 atom stereocenters. The van der Waals surface area contributed by atoms with E-state index in [-0.39, 0.29) is 91.3 Å². The molecule has 0 aromatic heterocycles. The predicted molar refractivity (Wildman–Crippen MR) is 285 cm³/mol. The summed E-state index contributed by atoms with van der Waals surface area (Å²) in [7, 11) is 4.59. The number of unbranched alkanes of at least 4 members (excludes halogenated alkanes) is 2. The van der Waals surface area contributed by atoms with Crippen molar-refractivity contribution >= 4 is 64.5 Å². The zero-order valence-electron chi connectivity index (χ0n) is 44.6. The third-order valence-corrected chi connectivity index (χ3v) is 14.3. The van der Waals surface area contributed by atoms with Gasteiger partial charge in [0, 0.05) is 75.2 Å². The maximum atomic E-state index is 13.9. The minimum atomic E-state index is -0.997. The number of nitrogens with one attached hydrogen (secondary N) is 4. The van der Waals surface area contributed by atoms with Crippen molar-refractivity contribution in [3.8, 4) is 28.7 Å². The first-order valence-corrected chi connectivity index (χ1v) is 25.8. The third kappa shape index (κ3) is 12.6. The van der Waals surface area contributed by atoms with Crippen LogP contribution in [-0.4, -0.2) is 129 Å². The number of likely N-dealkylation sites (tertiary alicyclic amines) is 1. The molecule has 3 aromatic carbocycles. The molecular weight excluding hydrogens is 977 g/mol. The summed E-state index contributed by atoms with van der Waals surface area (Å²) in [4.78, 5) is 101. The van der Waals surface area contributed by atoms with Gasteiger partial charge >= 0.3 is 0 Å². The standard InChI is InChI=1S/C56H70N8O12/c1-10-57-54(69)41-27-45(74-9)47(76-24-14-23-75-46-28-42-40(26-44(46)73-8)56(71)63-31-37(25-38(63)30-58-42)36-16-18-39(72-7)19-17-36)29-43(41)64-35(6)33(4)52(64)61-53(68)34(5)59-55(70)51(32(2)3)60-48(65)15-12-11-13-22-62-49(66)20-21-50(62)67/h10,16-19,26-35,38,51-52H,1,11-15,20-25H2,2-9H3,(H,57,69)(H,59,70)(H,60,65)(H,61,68)/t33-,34-,35?,38?,51-,52?/m0/s1. The number of aliphatic imine (C=N–C) groups is 1. The number of hydrogen-bond acceptors (Lipinski definition) is 14. The zero-order chi connectivity index (χ0) is 54.8. The SMILES string of the molecule is C=CNC(=O)c1cc(OC)c(OCCCOc2cc3c(cc2OC)C(=O)N2C=C(c4ccc(OC)cc4)CC2C=N3)cc1N1C(C)[C@H](C)C1NC(=O)[C@H](C)NC(=O)[C@@H](NC(=O)CCCCCN1C(=O)CCC1=O)C(C)C. The van der Waals surface area contributed by atoms with Crippen molar-refractivity contribution in [1.82, 2.24) is 31.1 Å². The van der Waals surface area contributed by atoms with Gasteiger partial charge in [0.1, 0.15) is 24.0 Å². The molecule has 0 saturated carbocycles. The molecule has 4 heterocycles. The number of imide groups is 1. The average molecular weight is 1050 g/mol. The van der Waals surface area contributed by atoms with Crippen LogP contribution in [0.2, 0.25) is 0 Å². The van der Waals surface area contributed by atoms with Gasteiger partial charge in [-0.2, -0.15) is 0 Å². The van der Waals surface area contributed by atoms with Crippen molar-refractivity contribution in [2.24, 2.45) is 16.8 Å². The van der Waals surface area contributed by atoms with Crippen molar-refractivity contribution in [1.29, 1.82) is 0 Å². The van der Waals surface area contributed by atoms with Crippen LogP contribution in [0, 0.1) is 11.8 Å². The fourth-order valence-corrected chi connectivity index (χ4v) is 9.70. The number of hydrogen-bond donors (Lipinski definition) is 4. The highest BCUT2D eigenvalue weighted by Gasteiger charge is 2.46. The monoisotopic (exact) mass is 1050 g/mol. The smallest absolute Gasteiger partial charge is 0.260 e. The predicted octanol–water partition coefficient (Wildman–Crippen LogP) is 6.05. The lowest BCUT2D eigenvalue weighted by molar-refractivity contribution is -0.138. The van der Waals surface area contributed by atoms with E-state index in [2.05, 4.69) is 27.8 Å². The Bertz CT molecular complexity index is 2740. The first-order valence-electron chi connectivity index (χ1n) is 25.8. The van der Waals surface area contributed by atoms with Crippen molar-refractivity contribution in [2.75, 3.05) is 46.0 Å². The molecule has 3 aromatic rings. The van der Waals surface area contributed by atoms with Gasteiger partial charge in [-0.25, -0.2) is 0 Å². The maximum Gasteiger partial charge on any atom is 0.260 e. The van der Waals surface area contributed by atoms with Gasteiger partial charge in [-0.15, -0.1) is 0 Å². The maximum absolute atomic E-state index is 13.9. The molecule has 0 spiro atoms. The van der Waals surface area contributed by atoms with E-state index < -0.39 is 36.0 Å². The number of fused-ring (bicyclic) bond motifs is 2. The lowest BCUT2D eigenvalue weighted by Gasteiger charge is -2.54. The molecule has 4 aliphatic rings. The summed E-state index contributed by atoms with van der Waals surface area (Å²) >= 11 is 0. The normalized spacial score (nSPS) is 19.4. The van der Waals surface area contributed by atoms with Gasteiger partial charge < -0.3 is 54.8 Å². The van der Waals surface area contributed by atoms with Crippen LogP contribution >= 0.6 is 0 Å². The number of benzene rings is 3. The first kappa shape index (κ1) is 55.8. The average Bonchev–Trinajstić information content (AvgIpc) is 4.00.